The molecule has 8 nitrogen and oxygen atoms in total. The summed E-state index contributed by atoms with van der Waals surface area (Å²) < 4.78 is 5.27. The van der Waals surface area contributed by atoms with Gasteiger partial charge in [0, 0.05) is 22.5 Å². The first kappa shape index (κ1) is 27.1. The Labute approximate surface area is 220 Å². The number of nitrogens with one attached hydrogen (secondary N) is 1. The Morgan fingerprint density at radius 3 is 2.32 bits per heavy atom. The predicted molar refractivity (Wildman–Crippen MR) is 143 cm³/mol. The van der Waals surface area contributed by atoms with E-state index >= 15 is 0 Å². The molecule has 1 aromatic carbocycles. The van der Waals surface area contributed by atoms with E-state index in [1.54, 1.807) is 23.1 Å². The van der Waals surface area contributed by atoms with E-state index in [9.17, 15) is 19.8 Å². The van der Waals surface area contributed by atoms with Crippen LogP contribution in [0.4, 0.5) is 11.4 Å². The first-order valence-electron chi connectivity index (χ1n) is 12.6. The summed E-state index contributed by atoms with van der Waals surface area (Å²) in [6, 6.07) is 11.9. The smallest absolute Gasteiger partial charge is 0.291 e. The van der Waals surface area contributed by atoms with Crippen LogP contribution in [0.2, 0.25) is 0 Å². The molecular weight excluding hydrogens is 492 g/mol. The Hall–Kier alpha value is -2.98. The van der Waals surface area contributed by atoms with Gasteiger partial charge in [0.1, 0.15) is 12.4 Å². The molecule has 3 aromatic rings. The molecule has 2 heterocycles. The zero-order chi connectivity index (χ0) is 26.7. The summed E-state index contributed by atoms with van der Waals surface area (Å²) in [6.45, 7) is 5.81. The molecule has 4 rings (SSSR count). The average Bonchev–Trinajstić information content (AvgIpc) is 3.53. The van der Waals surface area contributed by atoms with Crippen LogP contribution in [-0.2, 0) is 11.4 Å². The van der Waals surface area contributed by atoms with Crippen molar-refractivity contribution in [3.63, 3.8) is 0 Å². The van der Waals surface area contributed by atoms with Crippen LogP contribution in [0.25, 0.3) is 10.4 Å². The van der Waals surface area contributed by atoms with Crippen LogP contribution in [0.1, 0.15) is 73.9 Å². The molecule has 0 spiro atoms. The average molecular weight is 527 g/mol. The summed E-state index contributed by atoms with van der Waals surface area (Å²) in [5.41, 5.74) is 1.91. The predicted octanol–water partition coefficient (Wildman–Crippen LogP) is 5.30. The number of rotatable bonds is 8. The lowest BCUT2D eigenvalue weighted by molar-refractivity contribution is -0.123. The van der Waals surface area contributed by atoms with E-state index in [2.05, 4.69) is 12.2 Å². The van der Waals surface area contributed by atoms with Crippen molar-refractivity contribution in [2.45, 2.75) is 65.4 Å². The molecular formula is C28H34N2O6S. The van der Waals surface area contributed by atoms with E-state index in [1.807, 2.05) is 32.0 Å². The molecule has 2 amide bonds. The molecule has 0 unspecified atom stereocenters. The Morgan fingerprint density at radius 2 is 1.76 bits per heavy atom. The van der Waals surface area contributed by atoms with Crippen LogP contribution in [0, 0.1) is 11.8 Å². The quantitative estimate of drug-likeness (QED) is 0.295. The first-order valence-corrected chi connectivity index (χ1v) is 13.4. The highest BCUT2D eigenvalue weighted by Crippen LogP contribution is 2.42. The van der Waals surface area contributed by atoms with Crippen molar-refractivity contribution >= 4 is 34.5 Å². The Morgan fingerprint density at radius 1 is 1.08 bits per heavy atom. The van der Waals surface area contributed by atoms with E-state index in [1.165, 1.54) is 17.4 Å². The normalized spacial score (nSPS) is 17.8. The number of hydrogen-bond donors (Lipinski definition) is 4. The molecule has 198 valence electrons. The lowest BCUT2D eigenvalue weighted by atomic mass is 9.82. The van der Waals surface area contributed by atoms with Crippen molar-refractivity contribution < 1.29 is 29.3 Å². The number of nitrogens with zero attached hydrogens (tertiary/aromatic N) is 1. The minimum atomic E-state index is -1.70. The van der Waals surface area contributed by atoms with Crippen molar-refractivity contribution in [3.05, 3.63) is 58.9 Å². The fourth-order valence-corrected chi connectivity index (χ4v) is 5.79. The molecule has 37 heavy (non-hydrogen) atoms. The third kappa shape index (κ3) is 6.13. The third-order valence-corrected chi connectivity index (χ3v) is 8.04. The zero-order valence-electron chi connectivity index (χ0n) is 21.3. The van der Waals surface area contributed by atoms with E-state index in [0.717, 1.165) is 36.1 Å². The fourth-order valence-electron chi connectivity index (χ4n) is 4.76. The Bertz CT molecular complexity index is 1220. The van der Waals surface area contributed by atoms with Crippen molar-refractivity contribution in [2.24, 2.45) is 11.8 Å². The van der Waals surface area contributed by atoms with Crippen molar-refractivity contribution in [1.29, 1.82) is 0 Å². The monoisotopic (exact) mass is 526 g/mol. The lowest BCUT2D eigenvalue weighted by Gasteiger charge is -2.33. The number of furan rings is 1. The number of carbonyl (C=O) groups is 2. The summed E-state index contributed by atoms with van der Waals surface area (Å²) in [7, 11) is 0. The van der Waals surface area contributed by atoms with Crippen LogP contribution in [0.15, 0.2) is 46.9 Å². The van der Waals surface area contributed by atoms with Gasteiger partial charge in [-0.05, 0) is 81.3 Å². The van der Waals surface area contributed by atoms with E-state index < -0.39 is 12.2 Å². The van der Waals surface area contributed by atoms with Gasteiger partial charge in [-0.2, -0.15) is 0 Å². The molecule has 0 atom stereocenters. The number of benzene rings is 1. The number of thiophene rings is 1. The third-order valence-electron chi connectivity index (χ3n) is 6.82. The first-order chi connectivity index (χ1) is 17.7. The molecule has 0 saturated heterocycles. The second-order valence-electron chi connectivity index (χ2n) is 9.95. The molecule has 1 aliphatic carbocycles. The number of hydrogen-bond acceptors (Lipinski definition) is 7. The fraction of sp³-hybridized carbons (Fsp3) is 0.429. The van der Waals surface area contributed by atoms with Crippen molar-refractivity contribution in [2.75, 3.05) is 10.2 Å². The number of amides is 2. The summed E-state index contributed by atoms with van der Waals surface area (Å²) in [6.07, 6.45) is 2.05. The van der Waals surface area contributed by atoms with Gasteiger partial charge < -0.3 is 30.0 Å². The number of carbonyl (C=O) groups excluding carboxylic acids is 2. The minimum Gasteiger partial charge on any atom is -0.453 e. The van der Waals surface area contributed by atoms with Gasteiger partial charge >= 0.3 is 0 Å². The second kappa shape index (κ2) is 11.6. The molecule has 1 fully saturated rings. The SMILES string of the molecule is CC1CCC(C(=O)N(c2cc(-c3ccc(NC(=O)c4ccc(CO)o4)cc3)sc2C(O)O)C(C)C)CC1. The standard InChI is InChI=1S/C28H34N2O6S/c1-16(2)30(27(33)19-6-4-17(3)5-7-19)22-14-24(37-25(22)28(34)35)18-8-10-20(11-9-18)29-26(32)23-13-12-21(15-31)36-23/h8-14,16-17,19,28,31,34-35H,4-7,15H2,1-3H3,(H,29,32). The van der Waals surface area contributed by atoms with Gasteiger partial charge in [0.05, 0.1) is 10.6 Å². The van der Waals surface area contributed by atoms with Gasteiger partial charge in [0.25, 0.3) is 5.91 Å². The minimum absolute atomic E-state index is 0.0356. The summed E-state index contributed by atoms with van der Waals surface area (Å²) in [4.78, 5) is 28.8. The number of aliphatic hydroxyl groups is 3. The van der Waals surface area contributed by atoms with Crippen LogP contribution in [0.3, 0.4) is 0 Å². The van der Waals surface area contributed by atoms with Crippen LogP contribution in [-0.4, -0.2) is 33.2 Å². The zero-order valence-corrected chi connectivity index (χ0v) is 22.1. The highest BCUT2D eigenvalue weighted by Gasteiger charge is 2.33. The van der Waals surface area contributed by atoms with Gasteiger partial charge in [-0.15, -0.1) is 11.3 Å². The molecule has 9 heteroatoms. The van der Waals surface area contributed by atoms with E-state index in [4.69, 9.17) is 9.52 Å². The molecule has 1 aliphatic rings. The highest BCUT2D eigenvalue weighted by molar-refractivity contribution is 7.16. The van der Waals surface area contributed by atoms with Gasteiger partial charge in [0.2, 0.25) is 5.91 Å². The summed E-state index contributed by atoms with van der Waals surface area (Å²) in [5.74, 6) is 0.583. The van der Waals surface area contributed by atoms with Crippen molar-refractivity contribution in [3.8, 4) is 10.4 Å². The number of aliphatic hydroxyl groups excluding tert-OH is 2. The van der Waals surface area contributed by atoms with Crippen LogP contribution >= 0.6 is 11.3 Å². The van der Waals surface area contributed by atoms with Gasteiger partial charge in [-0.1, -0.05) is 19.1 Å². The molecule has 0 aliphatic heterocycles. The maximum absolute atomic E-state index is 13.6. The lowest BCUT2D eigenvalue weighted by Crippen LogP contribution is -2.42. The molecule has 0 radical (unpaired) electrons. The van der Waals surface area contributed by atoms with Crippen molar-refractivity contribution in [1.82, 2.24) is 0 Å². The Balaban J connectivity index is 1.56. The largest absolute Gasteiger partial charge is 0.453 e. The van der Waals surface area contributed by atoms with E-state index in [0.29, 0.717) is 27.9 Å². The molecule has 0 bridgehead atoms. The van der Waals surface area contributed by atoms with Gasteiger partial charge in [0.15, 0.2) is 12.1 Å². The van der Waals surface area contributed by atoms with Gasteiger partial charge in [-0.25, -0.2) is 0 Å². The summed E-state index contributed by atoms with van der Waals surface area (Å²) >= 11 is 1.23. The van der Waals surface area contributed by atoms with Crippen LogP contribution in [0.5, 0.6) is 0 Å². The molecule has 4 N–H and O–H groups in total. The second-order valence-corrected chi connectivity index (χ2v) is 11.0. The molecule has 1 saturated carbocycles. The van der Waals surface area contributed by atoms with E-state index in [-0.39, 0.29) is 30.2 Å². The molecule has 2 aromatic heterocycles. The Kier molecular flexibility index (Phi) is 8.49. The number of anilines is 2. The topological polar surface area (TPSA) is 123 Å². The summed E-state index contributed by atoms with van der Waals surface area (Å²) in [5, 5.41) is 32.2. The van der Waals surface area contributed by atoms with Crippen LogP contribution < -0.4 is 10.2 Å². The maximum Gasteiger partial charge on any atom is 0.291 e. The van der Waals surface area contributed by atoms with Gasteiger partial charge in [-0.3, -0.25) is 9.59 Å². The highest BCUT2D eigenvalue weighted by atomic mass is 32.1. The maximum atomic E-state index is 13.6.